The van der Waals surface area contributed by atoms with E-state index in [1.54, 1.807) is 0 Å². The summed E-state index contributed by atoms with van der Waals surface area (Å²) in [6.45, 7) is 6.97. The summed E-state index contributed by atoms with van der Waals surface area (Å²) in [5, 5.41) is 3.10. The van der Waals surface area contributed by atoms with Gasteiger partial charge in [0, 0.05) is 17.8 Å². The van der Waals surface area contributed by atoms with Crippen LogP contribution in [0.4, 0.5) is 0 Å². The predicted octanol–water partition coefficient (Wildman–Crippen LogP) is 4.34. The fourth-order valence-electron chi connectivity index (χ4n) is 2.39. The van der Waals surface area contributed by atoms with E-state index in [4.69, 9.17) is 11.6 Å². The van der Waals surface area contributed by atoms with Gasteiger partial charge < -0.3 is 5.32 Å². The van der Waals surface area contributed by atoms with E-state index in [1.165, 1.54) is 0 Å². The first-order valence-electron chi connectivity index (χ1n) is 7.51. The molecule has 1 aromatic rings. The lowest BCUT2D eigenvalue weighted by Crippen LogP contribution is -2.40. The Labute approximate surface area is 127 Å². The van der Waals surface area contributed by atoms with Gasteiger partial charge in [0.25, 0.3) is 0 Å². The van der Waals surface area contributed by atoms with E-state index in [9.17, 15) is 4.79 Å². The van der Waals surface area contributed by atoms with Crippen LogP contribution in [0.2, 0.25) is 0 Å². The molecule has 1 rings (SSSR count). The minimum absolute atomic E-state index is 0.0200. The predicted molar refractivity (Wildman–Crippen MR) is 86.2 cm³/mol. The average Bonchev–Trinajstić information content (AvgIpc) is 2.51. The maximum Gasteiger partial charge on any atom is 0.227 e. The second-order valence-electron chi connectivity index (χ2n) is 5.43. The van der Waals surface area contributed by atoms with Crippen LogP contribution >= 0.6 is 11.6 Å². The average molecular weight is 296 g/mol. The first kappa shape index (κ1) is 17.0. The SMILES string of the molecule is CCC(C(=O)NCC(CC)(CC)CCl)c1ccccc1. The maximum absolute atomic E-state index is 12.4. The third-order valence-electron chi connectivity index (χ3n) is 4.35. The van der Waals surface area contributed by atoms with Crippen molar-refractivity contribution >= 4 is 17.5 Å². The molecule has 3 heteroatoms. The zero-order valence-corrected chi connectivity index (χ0v) is 13.5. The van der Waals surface area contributed by atoms with E-state index in [2.05, 4.69) is 19.2 Å². The molecule has 1 amide bonds. The Balaban J connectivity index is 2.69. The summed E-state index contributed by atoms with van der Waals surface area (Å²) in [4.78, 5) is 12.4. The Bertz CT molecular complexity index is 392. The number of alkyl halides is 1. The lowest BCUT2D eigenvalue weighted by molar-refractivity contribution is -0.123. The number of rotatable bonds is 8. The van der Waals surface area contributed by atoms with Gasteiger partial charge in [0.1, 0.15) is 0 Å². The van der Waals surface area contributed by atoms with Crippen molar-refractivity contribution < 1.29 is 4.79 Å². The monoisotopic (exact) mass is 295 g/mol. The topological polar surface area (TPSA) is 29.1 Å². The molecule has 112 valence electrons. The number of halogens is 1. The van der Waals surface area contributed by atoms with Gasteiger partial charge in [0.05, 0.1) is 5.92 Å². The Morgan fingerprint density at radius 3 is 2.25 bits per heavy atom. The van der Waals surface area contributed by atoms with Crippen LogP contribution in [-0.4, -0.2) is 18.3 Å². The van der Waals surface area contributed by atoms with E-state index in [-0.39, 0.29) is 17.2 Å². The van der Waals surface area contributed by atoms with Gasteiger partial charge in [0.2, 0.25) is 5.91 Å². The summed E-state index contributed by atoms with van der Waals surface area (Å²) in [7, 11) is 0. The van der Waals surface area contributed by atoms with Crippen LogP contribution in [0.25, 0.3) is 0 Å². The highest BCUT2D eigenvalue weighted by atomic mass is 35.5. The molecule has 0 aliphatic carbocycles. The van der Waals surface area contributed by atoms with Crippen LogP contribution < -0.4 is 5.32 Å². The van der Waals surface area contributed by atoms with Gasteiger partial charge in [-0.15, -0.1) is 11.6 Å². The highest BCUT2D eigenvalue weighted by molar-refractivity contribution is 6.18. The minimum atomic E-state index is -0.0714. The lowest BCUT2D eigenvalue weighted by atomic mass is 9.84. The van der Waals surface area contributed by atoms with Crippen LogP contribution in [0.15, 0.2) is 30.3 Å². The molecule has 1 unspecified atom stereocenters. The molecule has 0 aliphatic heterocycles. The first-order chi connectivity index (χ1) is 9.62. The summed E-state index contributed by atoms with van der Waals surface area (Å²) in [5.74, 6) is 0.621. The molecular weight excluding hydrogens is 270 g/mol. The molecule has 0 radical (unpaired) electrons. The van der Waals surface area contributed by atoms with Gasteiger partial charge in [-0.2, -0.15) is 0 Å². The molecule has 0 fully saturated rings. The van der Waals surface area contributed by atoms with Crippen molar-refractivity contribution in [2.75, 3.05) is 12.4 Å². The summed E-state index contributed by atoms with van der Waals surface area (Å²) in [6.07, 6.45) is 2.77. The largest absolute Gasteiger partial charge is 0.355 e. The van der Waals surface area contributed by atoms with Gasteiger partial charge in [-0.25, -0.2) is 0 Å². The van der Waals surface area contributed by atoms with Gasteiger partial charge in [-0.1, -0.05) is 51.1 Å². The zero-order valence-electron chi connectivity index (χ0n) is 12.8. The Kier molecular flexibility index (Phi) is 7.08. The van der Waals surface area contributed by atoms with Gasteiger partial charge in [-0.3, -0.25) is 4.79 Å². The minimum Gasteiger partial charge on any atom is -0.355 e. The second kappa shape index (κ2) is 8.31. The van der Waals surface area contributed by atoms with E-state index >= 15 is 0 Å². The molecule has 0 saturated carbocycles. The van der Waals surface area contributed by atoms with Crippen molar-refractivity contribution in [1.29, 1.82) is 0 Å². The van der Waals surface area contributed by atoms with Crippen LogP contribution in [-0.2, 0) is 4.79 Å². The summed E-state index contributed by atoms with van der Waals surface area (Å²) in [5.41, 5.74) is 1.10. The Morgan fingerprint density at radius 1 is 1.20 bits per heavy atom. The van der Waals surface area contributed by atoms with Crippen molar-refractivity contribution in [1.82, 2.24) is 5.32 Å². The van der Waals surface area contributed by atoms with Gasteiger partial charge >= 0.3 is 0 Å². The molecule has 0 heterocycles. The van der Waals surface area contributed by atoms with Crippen molar-refractivity contribution in [2.24, 2.45) is 5.41 Å². The normalized spacial score (nSPS) is 13.0. The number of benzene rings is 1. The Morgan fingerprint density at radius 2 is 1.80 bits per heavy atom. The van der Waals surface area contributed by atoms with Gasteiger partial charge in [0.15, 0.2) is 0 Å². The summed E-state index contributed by atoms with van der Waals surface area (Å²) in [6, 6.07) is 9.96. The quantitative estimate of drug-likeness (QED) is 0.710. The van der Waals surface area contributed by atoms with E-state index in [0.29, 0.717) is 12.4 Å². The van der Waals surface area contributed by atoms with Crippen molar-refractivity contribution in [2.45, 2.75) is 46.0 Å². The first-order valence-corrected chi connectivity index (χ1v) is 8.04. The third-order valence-corrected chi connectivity index (χ3v) is 4.91. The standard InChI is InChI=1S/C17H26ClNO/c1-4-15(14-10-8-7-9-11-14)16(20)19-13-17(5-2,6-3)12-18/h7-11,15H,4-6,12-13H2,1-3H3,(H,19,20). The van der Waals surface area contributed by atoms with E-state index in [1.807, 2.05) is 37.3 Å². The number of hydrogen-bond donors (Lipinski definition) is 1. The molecule has 0 bridgehead atoms. The number of amides is 1. The highest BCUT2D eigenvalue weighted by Crippen LogP contribution is 2.27. The van der Waals surface area contributed by atoms with E-state index in [0.717, 1.165) is 24.8 Å². The molecule has 0 saturated heterocycles. The zero-order chi connectivity index (χ0) is 15.0. The molecular formula is C17H26ClNO. The fourth-order valence-corrected chi connectivity index (χ4v) is 2.86. The van der Waals surface area contributed by atoms with Crippen LogP contribution in [0.5, 0.6) is 0 Å². The molecule has 0 aliphatic rings. The van der Waals surface area contributed by atoms with Crippen molar-refractivity contribution in [3.8, 4) is 0 Å². The van der Waals surface area contributed by atoms with Crippen LogP contribution in [0.1, 0.15) is 51.5 Å². The van der Waals surface area contributed by atoms with Crippen LogP contribution in [0.3, 0.4) is 0 Å². The van der Waals surface area contributed by atoms with Crippen molar-refractivity contribution in [3.05, 3.63) is 35.9 Å². The van der Waals surface area contributed by atoms with Crippen LogP contribution in [0, 0.1) is 5.41 Å². The molecule has 1 atom stereocenters. The molecule has 20 heavy (non-hydrogen) atoms. The van der Waals surface area contributed by atoms with E-state index < -0.39 is 0 Å². The molecule has 0 aromatic heterocycles. The summed E-state index contributed by atoms with van der Waals surface area (Å²) >= 11 is 6.09. The number of hydrogen-bond acceptors (Lipinski definition) is 1. The fraction of sp³-hybridized carbons (Fsp3) is 0.588. The third kappa shape index (κ3) is 4.24. The number of carbonyl (C=O) groups is 1. The summed E-state index contributed by atoms with van der Waals surface area (Å²) < 4.78 is 0. The highest BCUT2D eigenvalue weighted by Gasteiger charge is 2.27. The maximum atomic E-state index is 12.4. The van der Waals surface area contributed by atoms with Gasteiger partial charge in [-0.05, 0) is 24.8 Å². The molecule has 2 nitrogen and oxygen atoms in total. The number of carbonyl (C=O) groups excluding carboxylic acids is 1. The Hall–Kier alpha value is -1.02. The molecule has 1 aromatic carbocycles. The lowest BCUT2D eigenvalue weighted by Gasteiger charge is -2.30. The number of nitrogens with one attached hydrogen (secondary N) is 1. The molecule has 0 spiro atoms. The smallest absolute Gasteiger partial charge is 0.227 e. The van der Waals surface area contributed by atoms with Crippen molar-refractivity contribution in [3.63, 3.8) is 0 Å². The molecule has 1 N–H and O–H groups in total. The second-order valence-corrected chi connectivity index (χ2v) is 5.70.